The second-order valence-corrected chi connectivity index (χ2v) is 9.25. The predicted molar refractivity (Wildman–Crippen MR) is 145 cm³/mol. The van der Waals surface area contributed by atoms with Crippen molar-refractivity contribution in [3.05, 3.63) is 65.5 Å². The first-order chi connectivity index (χ1) is 18.1. The zero-order valence-corrected chi connectivity index (χ0v) is 22.2. The fourth-order valence-corrected chi connectivity index (χ4v) is 4.72. The summed E-state index contributed by atoms with van der Waals surface area (Å²) in [4.78, 5) is 17.8. The van der Waals surface area contributed by atoms with E-state index in [0.717, 1.165) is 80.4 Å². The van der Waals surface area contributed by atoms with E-state index in [0.29, 0.717) is 18.8 Å². The second kappa shape index (κ2) is 13.1. The molecule has 198 valence electrons. The van der Waals surface area contributed by atoms with E-state index < -0.39 is 0 Å². The van der Waals surface area contributed by atoms with E-state index in [4.69, 9.17) is 9.47 Å². The van der Waals surface area contributed by atoms with Crippen molar-refractivity contribution in [1.82, 2.24) is 25.2 Å². The number of hydrogen-bond donors (Lipinski definition) is 1. The van der Waals surface area contributed by atoms with Crippen molar-refractivity contribution in [3.8, 4) is 11.5 Å². The highest BCUT2D eigenvalue weighted by atomic mass is 16.5. The van der Waals surface area contributed by atoms with Gasteiger partial charge in [-0.2, -0.15) is 0 Å². The molecule has 1 fully saturated rings. The number of nitrogens with zero attached hydrogens (tertiary/aromatic N) is 5. The van der Waals surface area contributed by atoms with E-state index in [2.05, 4.69) is 44.5 Å². The molecule has 0 spiro atoms. The number of anilines is 1. The van der Waals surface area contributed by atoms with Gasteiger partial charge in [0.05, 0.1) is 32.1 Å². The number of aromatic nitrogens is 3. The van der Waals surface area contributed by atoms with Crippen LogP contribution in [0.2, 0.25) is 0 Å². The Hall–Kier alpha value is -3.59. The quantitative estimate of drug-likeness (QED) is 0.378. The second-order valence-electron chi connectivity index (χ2n) is 9.25. The van der Waals surface area contributed by atoms with Gasteiger partial charge in [-0.15, -0.1) is 5.10 Å². The molecule has 1 saturated heterocycles. The van der Waals surface area contributed by atoms with Gasteiger partial charge in [0.25, 0.3) is 5.91 Å². The van der Waals surface area contributed by atoms with Crippen LogP contribution in [0.1, 0.15) is 41.5 Å². The summed E-state index contributed by atoms with van der Waals surface area (Å²) in [5, 5.41) is 11.6. The minimum absolute atomic E-state index is 0.148. The third-order valence-electron chi connectivity index (χ3n) is 6.77. The van der Waals surface area contributed by atoms with Gasteiger partial charge in [0, 0.05) is 32.7 Å². The first kappa shape index (κ1) is 26.5. The van der Waals surface area contributed by atoms with E-state index in [9.17, 15) is 4.79 Å². The van der Waals surface area contributed by atoms with E-state index >= 15 is 0 Å². The normalized spacial score (nSPS) is 14.0. The van der Waals surface area contributed by atoms with Crippen molar-refractivity contribution >= 4 is 11.6 Å². The monoisotopic (exact) mass is 506 g/mol. The molecule has 0 aliphatic carbocycles. The standard InChI is InChI=1S/C28H38N6O3/c1-4-8-25-27(30-31-34(25)21-22-11-13-23(36-2)14-12-22)28(35)29-15-7-16-32-17-19-33(20-18-32)24-9-5-6-10-26(24)37-3/h5-6,9-14H,4,7-8,15-21H2,1-3H3,(H,29,35). The molecule has 9 nitrogen and oxygen atoms in total. The summed E-state index contributed by atoms with van der Waals surface area (Å²) in [5.74, 6) is 1.59. The molecule has 0 saturated carbocycles. The molecule has 37 heavy (non-hydrogen) atoms. The number of ether oxygens (including phenoxy) is 2. The molecule has 1 aromatic heterocycles. The van der Waals surface area contributed by atoms with Gasteiger partial charge in [0.2, 0.25) is 0 Å². The molecule has 1 N–H and O–H groups in total. The maximum Gasteiger partial charge on any atom is 0.273 e. The van der Waals surface area contributed by atoms with Crippen LogP contribution in [0.5, 0.6) is 11.5 Å². The van der Waals surface area contributed by atoms with Gasteiger partial charge >= 0.3 is 0 Å². The van der Waals surface area contributed by atoms with Gasteiger partial charge in [-0.1, -0.05) is 42.8 Å². The summed E-state index contributed by atoms with van der Waals surface area (Å²) in [6.45, 7) is 8.14. The molecule has 0 atom stereocenters. The van der Waals surface area contributed by atoms with Crippen LogP contribution >= 0.6 is 0 Å². The molecule has 9 heteroatoms. The summed E-state index contributed by atoms with van der Waals surface area (Å²) < 4.78 is 12.6. The Morgan fingerprint density at radius 2 is 1.76 bits per heavy atom. The van der Waals surface area contributed by atoms with Crippen LogP contribution in [-0.4, -0.2) is 79.3 Å². The third kappa shape index (κ3) is 6.80. The van der Waals surface area contributed by atoms with E-state index in [1.165, 1.54) is 0 Å². The van der Waals surface area contributed by atoms with Crippen LogP contribution in [0.3, 0.4) is 0 Å². The van der Waals surface area contributed by atoms with Crippen molar-refractivity contribution in [2.45, 2.75) is 32.7 Å². The Morgan fingerprint density at radius 3 is 2.46 bits per heavy atom. The number of methoxy groups -OCH3 is 2. The number of amides is 1. The van der Waals surface area contributed by atoms with Crippen molar-refractivity contribution in [3.63, 3.8) is 0 Å². The van der Waals surface area contributed by atoms with Crippen LogP contribution in [-0.2, 0) is 13.0 Å². The highest BCUT2D eigenvalue weighted by Gasteiger charge is 2.21. The Bertz CT molecular complexity index is 1140. The lowest BCUT2D eigenvalue weighted by atomic mass is 10.1. The lowest BCUT2D eigenvalue weighted by Crippen LogP contribution is -2.47. The number of carbonyl (C=O) groups is 1. The van der Waals surface area contributed by atoms with Gasteiger partial charge in [0.1, 0.15) is 11.5 Å². The lowest BCUT2D eigenvalue weighted by molar-refractivity contribution is 0.0945. The van der Waals surface area contributed by atoms with Crippen molar-refractivity contribution < 1.29 is 14.3 Å². The molecule has 0 radical (unpaired) electrons. The molecule has 1 aliphatic heterocycles. The molecule has 2 aromatic carbocycles. The SMILES string of the molecule is CCCc1c(C(=O)NCCCN2CCN(c3ccccc3OC)CC2)nnn1Cc1ccc(OC)cc1. The third-order valence-corrected chi connectivity index (χ3v) is 6.77. The number of carbonyl (C=O) groups excluding carboxylic acids is 1. The number of piperazine rings is 1. The Kier molecular flexibility index (Phi) is 9.37. The topological polar surface area (TPSA) is 84.8 Å². The Morgan fingerprint density at radius 1 is 1.00 bits per heavy atom. The van der Waals surface area contributed by atoms with Gasteiger partial charge < -0.3 is 19.7 Å². The van der Waals surface area contributed by atoms with Gasteiger partial charge in [0.15, 0.2) is 5.69 Å². The number of benzene rings is 2. The maximum absolute atomic E-state index is 12.9. The Balaban J connectivity index is 1.24. The van der Waals surface area contributed by atoms with Crippen molar-refractivity contribution in [2.24, 2.45) is 0 Å². The molecule has 1 aliphatic rings. The number of nitrogens with one attached hydrogen (secondary N) is 1. The summed E-state index contributed by atoms with van der Waals surface area (Å²) in [6, 6.07) is 16.0. The first-order valence-electron chi connectivity index (χ1n) is 13.1. The summed E-state index contributed by atoms with van der Waals surface area (Å²) in [7, 11) is 3.37. The smallest absolute Gasteiger partial charge is 0.273 e. The molecule has 4 rings (SSSR count). The number of rotatable bonds is 12. The van der Waals surface area contributed by atoms with Gasteiger partial charge in [-0.25, -0.2) is 4.68 Å². The van der Waals surface area contributed by atoms with Gasteiger partial charge in [-0.3, -0.25) is 9.69 Å². The maximum atomic E-state index is 12.9. The lowest BCUT2D eigenvalue weighted by Gasteiger charge is -2.36. The fourth-order valence-electron chi connectivity index (χ4n) is 4.72. The van der Waals surface area contributed by atoms with Crippen LogP contribution in [0.4, 0.5) is 5.69 Å². The fraction of sp³-hybridized carbons (Fsp3) is 0.464. The molecular weight excluding hydrogens is 468 g/mol. The van der Waals surface area contributed by atoms with Crippen molar-refractivity contribution in [2.75, 3.05) is 58.4 Å². The summed E-state index contributed by atoms with van der Waals surface area (Å²) in [5.41, 5.74) is 3.55. The predicted octanol–water partition coefficient (Wildman–Crippen LogP) is 3.24. The number of hydrogen-bond acceptors (Lipinski definition) is 7. The summed E-state index contributed by atoms with van der Waals surface area (Å²) >= 11 is 0. The minimum Gasteiger partial charge on any atom is -0.497 e. The molecule has 0 unspecified atom stereocenters. The van der Waals surface area contributed by atoms with Crippen LogP contribution in [0.15, 0.2) is 48.5 Å². The van der Waals surface area contributed by atoms with Crippen molar-refractivity contribution in [1.29, 1.82) is 0 Å². The highest BCUT2D eigenvalue weighted by molar-refractivity contribution is 5.93. The first-order valence-corrected chi connectivity index (χ1v) is 13.1. The zero-order valence-electron chi connectivity index (χ0n) is 22.2. The Labute approximate surface area is 219 Å². The highest BCUT2D eigenvalue weighted by Crippen LogP contribution is 2.28. The molecule has 2 heterocycles. The molecule has 0 bridgehead atoms. The van der Waals surface area contributed by atoms with Crippen LogP contribution in [0.25, 0.3) is 0 Å². The average molecular weight is 507 g/mol. The molecule has 1 amide bonds. The van der Waals surface area contributed by atoms with Crippen LogP contribution < -0.4 is 19.7 Å². The number of para-hydroxylation sites is 2. The zero-order chi connectivity index (χ0) is 26.0. The van der Waals surface area contributed by atoms with E-state index in [-0.39, 0.29) is 5.91 Å². The average Bonchev–Trinajstić information content (AvgIpc) is 3.34. The van der Waals surface area contributed by atoms with E-state index in [1.54, 1.807) is 14.2 Å². The van der Waals surface area contributed by atoms with Gasteiger partial charge in [-0.05, 0) is 49.2 Å². The van der Waals surface area contributed by atoms with E-state index in [1.807, 2.05) is 41.1 Å². The molecular formula is C28H38N6O3. The molecule has 3 aromatic rings. The van der Waals surface area contributed by atoms with Crippen LogP contribution in [0, 0.1) is 0 Å². The summed E-state index contributed by atoms with van der Waals surface area (Å²) in [6.07, 6.45) is 2.56. The minimum atomic E-state index is -0.148. The largest absolute Gasteiger partial charge is 0.497 e.